The largest absolute Gasteiger partial charge is 0.495 e. The minimum Gasteiger partial charge on any atom is -0.495 e. The number of hydrogen-bond acceptors (Lipinski definition) is 5. The molecule has 0 aliphatic heterocycles. The molecule has 9 heteroatoms. The minimum absolute atomic E-state index is 0.0928. The number of methoxy groups -OCH3 is 1. The predicted octanol–water partition coefficient (Wildman–Crippen LogP) is 3.79. The Morgan fingerprint density at radius 3 is 2.29 bits per heavy atom. The van der Waals surface area contributed by atoms with E-state index in [1.54, 1.807) is 48.0 Å². The first kappa shape index (κ1) is 22.2. The van der Waals surface area contributed by atoms with E-state index in [9.17, 15) is 13.2 Å². The molecule has 0 fully saturated rings. The third kappa shape index (κ3) is 5.00. The number of nitrogens with one attached hydrogen (secondary N) is 2. The van der Waals surface area contributed by atoms with Gasteiger partial charge in [-0.3, -0.25) is 9.52 Å². The van der Waals surface area contributed by atoms with Crippen molar-refractivity contribution in [3.63, 3.8) is 0 Å². The van der Waals surface area contributed by atoms with Crippen LogP contribution in [0, 0.1) is 6.92 Å². The average Bonchev–Trinajstić information content (AvgIpc) is 3.08. The first-order valence-corrected chi connectivity index (χ1v) is 11.1. The second kappa shape index (κ2) is 9.13. The van der Waals surface area contributed by atoms with Crippen molar-refractivity contribution in [3.05, 3.63) is 66.0 Å². The quantitative estimate of drug-likeness (QED) is 0.552. The van der Waals surface area contributed by atoms with Crippen LogP contribution in [0.2, 0.25) is 0 Å². The second-order valence-electron chi connectivity index (χ2n) is 6.80. The van der Waals surface area contributed by atoms with Crippen LogP contribution in [0.5, 0.6) is 11.5 Å². The summed E-state index contributed by atoms with van der Waals surface area (Å²) >= 11 is 0. The van der Waals surface area contributed by atoms with Crippen LogP contribution in [0.15, 0.2) is 59.5 Å². The van der Waals surface area contributed by atoms with Gasteiger partial charge in [0.05, 0.1) is 13.7 Å². The van der Waals surface area contributed by atoms with Crippen molar-refractivity contribution < 1.29 is 22.7 Å². The van der Waals surface area contributed by atoms with E-state index in [4.69, 9.17) is 9.47 Å². The number of carbonyl (C=O) groups is 1. The Morgan fingerprint density at radius 2 is 1.71 bits per heavy atom. The number of amides is 1. The Hall–Kier alpha value is -3.46. The first-order valence-electron chi connectivity index (χ1n) is 9.62. The van der Waals surface area contributed by atoms with Crippen molar-refractivity contribution in [2.24, 2.45) is 7.05 Å². The van der Waals surface area contributed by atoms with Crippen LogP contribution in [0.25, 0.3) is 0 Å². The fourth-order valence-corrected chi connectivity index (χ4v) is 4.25. The SMILES string of the molecule is CCOc1ccc(NS(=O)(=O)c2cc(NC(=O)c3ccc(C)n3C)ccc2OC)cc1. The van der Waals surface area contributed by atoms with Crippen molar-refractivity contribution in [2.45, 2.75) is 18.7 Å². The van der Waals surface area contributed by atoms with Crippen LogP contribution in [-0.4, -0.2) is 32.6 Å². The van der Waals surface area contributed by atoms with Gasteiger partial charge in [0.1, 0.15) is 22.1 Å². The van der Waals surface area contributed by atoms with E-state index < -0.39 is 10.0 Å². The van der Waals surface area contributed by atoms with E-state index in [0.717, 1.165) is 5.69 Å². The lowest BCUT2D eigenvalue weighted by atomic mass is 10.3. The molecule has 2 N–H and O–H groups in total. The molecule has 0 atom stereocenters. The fraction of sp³-hybridized carbons (Fsp3) is 0.227. The Balaban J connectivity index is 1.86. The van der Waals surface area contributed by atoms with Gasteiger partial charge in [-0.25, -0.2) is 8.42 Å². The molecule has 3 aromatic rings. The molecule has 0 aliphatic carbocycles. The monoisotopic (exact) mass is 443 g/mol. The molecule has 1 heterocycles. The molecule has 0 radical (unpaired) electrons. The van der Waals surface area contributed by atoms with E-state index in [1.165, 1.54) is 19.2 Å². The van der Waals surface area contributed by atoms with Gasteiger partial charge in [0.15, 0.2) is 0 Å². The summed E-state index contributed by atoms with van der Waals surface area (Å²) in [4.78, 5) is 12.5. The highest BCUT2D eigenvalue weighted by Crippen LogP contribution is 2.29. The molecule has 0 spiro atoms. The molecule has 0 saturated carbocycles. The second-order valence-corrected chi connectivity index (χ2v) is 8.45. The summed E-state index contributed by atoms with van der Waals surface area (Å²) in [7, 11) is -0.809. The van der Waals surface area contributed by atoms with Gasteiger partial charge in [-0.1, -0.05) is 0 Å². The minimum atomic E-state index is -3.98. The number of rotatable bonds is 8. The third-order valence-corrected chi connectivity index (χ3v) is 6.14. The van der Waals surface area contributed by atoms with Crippen molar-refractivity contribution in [1.82, 2.24) is 4.57 Å². The van der Waals surface area contributed by atoms with Crippen LogP contribution in [0.4, 0.5) is 11.4 Å². The lowest BCUT2D eigenvalue weighted by Gasteiger charge is -2.14. The van der Waals surface area contributed by atoms with E-state index in [1.807, 2.05) is 19.9 Å². The van der Waals surface area contributed by atoms with Gasteiger partial charge in [0.2, 0.25) is 0 Å². The van der Waals surface area contributed by atoms with Crippen LogP contribution in [0.1, 0.15) is 23.1 Å². The van der Waals surface area contributed by atoms with Gasteiger partial charge in [-0.15, -0.1) is 0 Å². The summed E-state index contributed by atoms with van der Waals surface area (Å²) in [6.45, 7) is 4.28. The lowest BCUT2D eigenvalue weighted by molar-refractivity contribution is 0.101. The highest BCUT2D eigenvalue weighted by atomic mass is 32.2. The number of hydrogen-bond donors (Lipinski definition) is 2. The summed E-state index contributed by atoms with van der Waals surface area (Å²) in [6, 6.07) is 14.6. The number of nitrogens with zero attached hydrogens (tertiary/aromatic N) is 1. The standard InChI is InChI=1S/C22H25N3O5S/c1-5-30-18-10-7-16(8-11-18)24-31(27,28)21-14-17(9-13-20(21)29-4)23-22(26)19-12-6-15(2)25(19)3/h6-14,24H,5H2,1-4H3,(H,23,26). The van der Waals surface area contributed by atoms with Gasteiger partial charge in [0.25, 0.3) is 15.9 Å². The van der Waals surface area contributed by atoms with Crippen LogP contribution < -0.4 is 19.5 Å². The zero-order valence-electron chi connectivity index (χ0n) is 17.8. The highest BCUT2D eigenvalue weighted by Gasteiger charge is 2.21. The Kier molecular flexibility index (Phi) is 6.55. The Bertz CT molecular complexity index is 1180. The van der Waals surface area contributed by atoms with E-state index >= 15 is 0 Å². The van der Waals surface area contributed by atoms with Crippen molar-refractivity contribution in [2.75, 3.05) is 23.8 Å². The average molecular weight is 444 g/mol. The number of aryl methyl sites for hydroxylation is 1. The number of aromatic nitrogens is 1. The van der Waals surface area contributed by atoms with Crippen molar-refractivity contribution in [3.8, 4) is 11.5 Å². The topological polar surface area (TPSA) is 98.7 Å². The maximum Gasteiger partial charge on any atom is 0.272 e. The molecule has 0 unspecified atom stereocenters. The number of ether oxygens (including phenoxy) is 2. The summed E-state index contributed by atoms with van der Waals surface area (Å²) in [6.07, 6.45) is 0. The zero-order valence-corrected chi connectivity index (χ0v) is 18.6. The molecular formula is C22H25N3O5S. The number of carbonyl (C=O) groups excluding carboxylic acids is 1. The molecule has 0 saturated heterocycles. The van der Waals surface area contributed by atoms with Gasteiger partial charge >= 0.3 is 0 Å². The maximum absolute atomic E-state index is 13.0. The van der Waals surface area contributed by atoms with Crippen LogP contribution >= 0.6 is 0 Å². The molecule has 1 amide bonds. The summed E-state index contributed by atoms with van der Waals surface area (Å²) in [5.74, 6) is 0.457. The normalized spacial score (nSPS) is 11.1. The van der Waals surface area contributed by atoms with Gasteiger partial charge in [-0.2, -0.15) is 0 Å². The number of anilines is 2. The van der Waals surface area contributed by atoms with Gasteiger partial charge in [0, 0.05) is 24.1 Å². The summed E-state index contributed by atoms with van der Waals surface area (Å²) in [5.41, 5.74) is 2.10. The third-order valence-electron chi connectivity index (χ3n) is 4.73. The maximum atomic E-state index is 13.0. The van der Waals surface area contributed by atoms with E-state index in [2.05, 4.69) is 10.0 Å². The Morgan fingerprint density at radius 1 is 1.03 bits per heavy atom. The van der Waals surface area contributed by atoms with Crippen LogP contribution in [0.3, 0.4) is 0 Å². The van der Waals surface area contributed by atoms with E-state index in [-0.39, 0.29) is 16.6 Å². The molecular weight excluding hydrogens is 418 g/mol. The van der Waals surface area contributed by atoms with Gasteiger partial charge < -0.3 is 19.4 Å². The van der Waals surface area contributed by atoms with Crippen molar-refractivity contribution in [1.29, 1.82) is 0 Å². The highest BCUT2D eigenvalue weighted by molar-refractivity contribution is 7.92. The summed E-state index contributed by atoms with van der Waals surface area (Å²) in [5, 5.41) is 2.74. The molecule has 31 heavy (non-hydrogen) atoms. The Labute approximate surface area is 181 Å². The van der Waals surface area contributed by atoms with E-state index in [0.29, 0.717) is 29.4 Å². The zero-order chi connectivity index (χ0) is 22.6. The molecule has 8 nitrogen and oxygen atoms in total. The van der Waals surface area contributed by atoms with Gasteiger partial charge in [-0.05, 0) is 68.4 Å². The number of sulfonamides is 1. The predicted molar refractivity (Wildman–Crippen MR) is 120 cm³/mol. The summed E-state index contributed by atoms with van der Waals surface area (Å²) < 4.78 is 40.9. The molecule has 0 bridgehead atoms. The molecule has 1 aromatic heterocycles. The smallest absolute Gasteiger partial charge is 0.272 e. The first-order chi connectivity index (χ1) is 14.7. The lowest BCUT2D eigenvalue weighted by Crippen LogP contribution is -2.17. The molecule has 3 rings (SSSR count). The number of benzene rings is 2. The van der Waals surface area contributed by atoms with Crippen molar-refractivity contribution >= 4 is 27.3 Å². The molecule has 164 valence electrons. The molecule has 0 aliphatic rings. The molecule has 2 aromatic carbocycles. The van der Waals surface area contributed by atoms with Crippen LogP contribution in [-0.2, 0) is 17.1 Å². The fourth-order valence-electron chi connectivity index (χ4n) is 3.00.